The van der Waals surface area contributed by atoms with Crippen LogP contribution in [-0.2, 0) is 0 Å². The Kier molecular flexibility index (Phi) is 6.70. The monoisotopic (exact) mass is 434 g/mol. The highest BCUT2D eigenvalue weighted by atomic mass is 16.5. The first-order chi connectivity index (χ1) is 15.6. The first-order valence-corrected chi connectivity index (χ1v) is 10.9. The molecule has 8 heteroatoms. The minimum absolute atomic E-state index is 0.190. The quantitative estimate of drug-likeness (QED) is 0.611. The van der Waals surface area contributed by atoms with Gasteiger partial charge in [0.25, 0.3) is 5.91 Å². The minimum Gasteiger partial charge on any atom is -0.497 e. The van der Waals surface area contributed by atoms with Crippen molar-refractivity contribution in [2.24, 2.45) is 0 Å². The molecule has 0 radical (unpaired) electrons. The van der Waals surface area contributed by atoms with Crippen molar-refractivity contribution in [3.63, 3.8) is 0 Å². The largest absolute Gasteiger partial charge is 0.497 e. The summed E-state index contributed by atoms with van der Waals surface area (Å²) in [7, 11) is 5.64. The lowest BCUT2D eigenvalue weighted by Crippen LogP contribution is -2.47. The number of hydrogen-bond donors (Lipinski definition) is 1. The van der Waals surface area contributed by atoms with Crippen LogP contribution in [0.25, 0.3) is 10.8 Å². The number of ether oxygens (including phenoxy) is 1. The van der Waals surface area contributed by atoms with Gasteiger partial charge >= 0.3 is 0 Å². The number of methoxy groups -OCH3 is 1. The topological polar surface area (TPSA) is 73.8 Å². The molecule has 32 heavy (non-hydrogen) atoms. The number of carbonyl (C=O) groups excluding carboxylic acids is 1. The average molecular weight is 435 g/mol. The third-order valence-electron chi connectivity index (χ3n) is 5.73. The highest BCUT2D eigenvalue weighted by Crippen LogP contribution is 2.28. The molecule has 1 saturated heterocycles. The maximum atomic E-state index is 12.7. The van der Waals surface area contributed by atoms with Gasteiger partial charge in [0.05, 0.1) is 7.11 Å². The average Bonchev–Trinajstić information content (AvgIpc) is 2.83. The number of likely N-dealkylation sites (N-methyl/N-ethyl adjacent to an activating group) is 1. The fourth-order valence-electron chi connectivity index (χ4n) is 3.95. The van der Waals surface area contributed by atoms with E-state index in [4.69, 9.17) is 4.74 Å². The molecule has 1 aromatic heterocycles. The molecule has 2 heterocycles. The smallest absolute Gasteiger partial charge is 0.272 e. The predicted molar refractivity (Wildman–Crippen MR) is 128 cm³/mol. The molecular weight excluding hydrogens is 404 g/mol. The molecule has 0 unspecified atom stereocenters. The van der Waals surface area contributed by atoms with Crippen LogP contribution in [0.2, 0.25) is 0 Å². The second kappa shape index (κ2) is 9.82. The van der Waals surface area contributed by atoms with Crippen LogP contribution in [-0.4, -0.2) is 81.5 Å². The number of aromatic nitrogens is 2. The van der Waals surface area contributed by atoms with E-state index in [-0.39, 0.29) is 5.91 Å². The standard InChI is InChI=1S/C24H30N6O2/c1-28(2)12-11-25-24(31)22-20-9-4-5-10-21(20)23(27-26-22)30-15-13-29(14-16-30)18-7-6-8-19(17-18)32-3/h4-10,17H,11-16H2,1-3H3,(H,25,31). The number of rotatable bonds is 7. The molecule has 1 N–H and O–H groups in total. The highest BCUT2D eigenvalue weighted by Gasteiger charge is 2.23. The fourth-order valence-corrected chi connectivity index (χ4v) is 3.95. The Morgan fingerprint density at radius 2 is 1.72 bits per heavy atom. The van der Waals surface area contributed by atoms with Crippen LogP contribution in [0.15, 0.2) is 48.5 Å². The van der Waals surface area contributed by atoms with Crippen molar-refractivity contribution in [2.45, 2.75) is 0 Å². The molecule has 4 rings (SSSR count). The Bertz CT molecular complexity index is 1080. The summed E-state index contributed by atoms with van der Waals surface area (Å²) < 4.78 is 5.36. The lowest BCUT2D eigenvalue weighted by atomic mass is 10.1. The first-order valence-electron chi connectivity index (χ1n) is 10.9. The van der Waals surface area contributed by atoms with E-state index in [2.05, 4.69) is 37.4 Å². The van der Waals surface area contributed by atoms with E-state index < -0.39 is 0 Å². The van der Waals surface area contributed by atoms with Gasteiger partial charge in [-0.3, -0.25) is 4.79 Å². The van der Waals surface area contributed by atoms with E-state index in [1.807, 2.05) is 55.4 Å². The van der Waals surface area contributed by atoms with Crippen LogP contribution in [0.5, 0.6) is 5.75 Å². The van der Waals surface area contributed by atoms with E-state index in [1.165, 1.54) is 0 Å². The van der Waals surface area contributed by atoms with Gasteiger partial charge in [-0.2, -0.15) is 0 Å². The number of anilines is 2. The lowest BCUT2D eigenvalue weighted by Gasteiger charge is -2.37. The number of carbonyl (C=O) groups is 1. The summed E-state index contributed by atoms with van der Waals surface area (Å²) >= 11 is 0. The molecule has 1 amide bonds. The minimum atomic E-state index is -0.190. The van der Waals surface area contributed by atoms with Crippen molar-refractivity contribution >= 4 is 28.2 Å². The van der Waals surface area contributed by atoms with Crippen LogP contribution < -0.4 is 19.9 Å². The molecular formula is C24H30N6O2. The maximum Gasteiger partial charge on any atom is 0.272 e. The number of fused-ring (bicyclic) bond motifs is 1. The molecule has 1 aliphatic heterocycles. The summed E-state index contributed by atoms with van der Waals surface area (Å²) in [4.78, 5) is 19.3. The molecule has 0 saturated carbocycles. The lowest BCUT2D eigenvalue weighted by molar-refractivity contribution is 0.0947. The second-order valence-electron chi connectivity index (χ2n) is 8.15. The summed E-state index contributed by atoms with van der Waals surface area (Å²) in [6.45, 7) is 4.73. The van der Waals surface area contributed by atoms with Gasteiger partial charge < -0.3 is 24.8 Å². The maximum absolute atomic E-state index is 12.7. The van der Waals surface area contributed by atoms with Crippen LogP contribution >= 0.6 is 0 Å². The number of benzene rings is 2. The normalized spacial score (nSPS) is 14.1. The number of nitrogens with one attached hydrogen (secondary N) is 1. The zero-order valence-corrected chi connectivity index (χ0v) is 18.9. The molecule has 0 bridgehead atoms. The van der Waals surface area contributed by atoms with Crippen LogP contribution in [0.1, 0.15) is 10.5 Å². The van der Waals surface area contributed by atoms with Crippen molar-refractivity contribution in [3.05, 3.63) is 54.2 Å². The molecule has 0 aliphatic carbocycles. The Morgan fingerprint density at radius 1 is 1.00 bits per heavy atom. The molecule has 168 valence electrons. The van der Waals surface area contributed by atoms with Crippen molar-refractivity contribution < 1.29 is 9.53 Å². The third-order valence-corrected chi connectivity index (χ3v) is 5.73. The van der Waals surface area contributed by atoms with Gasteiger partial charge in [-0.05, 0) is 26.2 Å². The molecule has 1 aliphatic rings. The Morgan fingerprint density at radius 3 is 2.44 bits per heavy atom. The zero-order valence-electron chi connectivity index (χ0n) is 18.9. The van der Waals surface area contributed by atoms with Gasteiger partial charge in [-0.25, -0.2) is 0 Å². The highest BCUT2D eigenvalue weighted by molar-refractivity contribution is 6.07. The number of hydrogen-bond acceptors (Lipinski definition) is 7. The van der Waals surface area contributed by atoms with Gasteiger partial charge in [-0.1, -0.05) is 30.3 Å². The van der Waals surface area contributed by atoms with Gasteiger partial charge in [0.15, 0.2) is 11.5 Å². The summed E-state index contributed by atoms with van der Waals surface area (Å²) in [5, 5.41) is 13.5. The van der Waals surface area contributed by atoms with Crippen molar-refractivity contribution in [1.29, 1.82) is 0 Å². The van der Waals surface area contributed by atoms with Gasteiger partial charge in [0.2, 0.25) is 0 Å². The molecule has 0 atom stereocenters. The van der Waals surface area contributed by atoms with Crippen LogP contribution in [0.3, 0.4) is 0 Å². The third kappa shape index (κ3) is 4.75. The summed E-state index contributed by atoms with van der Waals surface area (Å²) in [6.07, 6.45) is 0. The van der Waals surface area contributed by atoms with Crippen molar-refractivity contribution in [2.75, 3.05) is 70.3 Å². The van der Waals surface area contributed by atoms with E-state index in [1.54, 1.807) is 7.11 Å². The van der Waals surface area contributed by atoms with E-state index >= 15 is 0 Å². The zero-order chi connectivity index (χ0) is 22.5. The number of nitrogens with zero attached hydrogens (tertiary/aromatic N) is 5. The Labute approximate surface area is 188 Å². The van der Waals surface area contributed by atoms with E-state index in [9.17, 15) is 4.79 Å². The number of amides is 1. The Balaban J connectivity index is 1.51. The molecule has 2 aromatic carbocycles. The summed E-state index contributed by atoms with van der Waals surface area (Å²) in [6, 6.07) is 16.0. The SMILES string of the molecule is COc1cccc(N2CCN(c3nnc(C(=O)NCCN(C)C)c4ccccc34)CC2)c1. The van der Waals surface area contributed by atoms with E-state index in [0.29, 0.717) is 12.2 Å². The molecule has 8 nitrogen and oxygen atoms in total. The fraction of sp³-hybridized carbons (Fsp3) is 0.375. The van der Waals surface area contributed by atoms with Crippen molar-refractivity contribution in [3.8, 4) is 5.75 Å². The predicted octanol–water partition coefficient (Wildman–Crippen LogP) is 2.26. The van der Waals surface area contributed by atoms with Crippen LogP contribution in [0.4, 0.5) is 11.5 Å². The summed E-state index contributed by atoms with van der Waals surface area (Å²) in [5.41, 5.74) is 1.53. The number of piperazine rings is 1. The summed E-state index contributed by atoms with van der Waals surface area (Å²) in [5.74, 6) is 1.50. The molecule has 1 fully saturated rings. The second-order valence-corrected chi connectivity index (χ2v) is 8.15. The van der Waals surface area contributed by atoms with Crippen LogP contribution in [0, 0.1) is 0 Å². The molecule has 0 spiro atoms. The Hall–Kier alpha value is -3.39. The van der Waals surface area contributed by atoms with Crippen molar-refractivity contribution in [1.82, 2.24) is 20.4 Å². The van der Waals surface area contributed by atoms with Gasteiger partial charge in [0.1, 0.15) is 5.75 Å². The van der Waals surface area contributed by atoms with E-state index in [0.717, 1.165) is 60.8 Å². The van der Waals surface area contributed by atoms with Gasteiger partial charge in [0, 0.05) is 61.8 Å². The molecule has 3 aromatic rings. The first kappa shape index (κ1) is 21.8. The van der Waals surface area contributed by atoms with Gasteiger partial charge in [-0.15, -0.1) is 10.2 Å².